The highest BCUT2D eigenvalue weighted by molar-refractivity contribution is 5.81. The van der Waals surface area contributed by atoms with Crippen molar-refractivity contribution in [3.63, 3.8) is 0 Å². The van der Waals surface area contributed by atoms with E-state index in [4.69, 9.17) is 4.98 Å². The summed E-state index contributed by atoms with van der Waals surface area (Å²) in [5, 5.41) is 0. The van der Waals surface area contributed by atoms with Gasteiger partial charge in [-0.25, -0.2) is 4.98 Å². The molecule has 31 heavy (non-hydrogen) atoms. The third-order valence-corrected chi connectivity index (χ3v) is 8.32. The highest BCUT2D eigenvalue weighted by Gasteiger charge is 2.49. The molecule has 2 nitrogen and oxygen atoms in total. The lowest BCUT2D eigenvalue weighted by molar-refractivity contribution is -0.0270. The molecule has 4 fully saturated rings. The Morgan fingerprint density at radius 2 is 1.16 bits per heavy atom. The van der Waals surface area contributed by atoms with E-state index < -0.39 is 0 Å². The van der Waals surface area contributed by atoms with Gasteiger partial charge in [-0.2, -0.15) is 0 Å². The molecular weight excluding hydrogens is 376 g/mol. The highest BCUT2D eigenvalue weighted by Crippen LogP contribution is 2.59. The predicted molar refractivity (Wildman–Crippen MR) is 127 cm³/mol. The summed E-state index contributed by atoms with van der Waals surface area (Å²) in [6, 6.07) is 29.1. The monoisotopic (exact) mass is 404 g/mol. The van der Waals surface area contributed by atoms with Gasteiger partial charge in [-0.05, 0) is 79.0 Å². The summed E-state index contributed by atoms with van der Waals surface area (Å²) in [5.41, 5.74) is 6.23. The molecule has 3 aromatic carbocycles. The number of aromatic nitrogens is 2. The quantitative estimate of drug-likeness (QED) is 0.348. The molecule has 4 aliphatic rings. The fourth-order valence-corrected chi connectivity index (χ4v) is 7.31. The van der Waals surface area contributed by atoms with Crippen molar-refractivity contribution in [2.45, 2.75) is 38.1 Å². The number of para-hydroxylation sites is 2. The lowest BCUT2D eigenvalue weighted by atomic mass is 9.54. The molecule has 0 unspecified atom stereocenters. The smallest absolute Gasteiger partial charge is 0.141 e. The molecule has 8 rings (SSSR count). The molecule has 0 amide bonds. The Labute approximate surface area is 183 Å². The van der Waals surface area contributed by atoms with Crippen LogP contribution in [0.2, 0.25) is 0 Å². The highest BCUT2D eigenvalue weighted by atomic mass is 15.1. The minimum absolute atomic E-state index is 0.615. The third-order valence-electron chi connectivity index (χ3n) is 8.32. The first kappa shape index (κ1) is 17.8. The second kappa shape index (κ2) is 6.82. The number of hydrogen-bond acceptors (Lipinski definition) is 1. The second-order valence-corrected chi connectivity index (χ2v) is 10.2. The van der Waals surface area contributed by atoms with Gasteiger partial charge in [0.25, 0.3) is 0 Å². The maximum absolute atomic E-state index is 5.18. The zero-order chi connectivity index (χ0) is 20.4. The average Bonchev–Trinajstić information content (AvgIpc) is 3.19. The van der Waals surface area contributed by atoms with Gasteiger partial charge in [0.15, 0.2) is 0 Å². The fourth-order valence-electron chi connectivity index (χ4n) is 7.31. The zero-order valence-corrected chi connectivity index (χ0v) is 17.8. The van der Waals surface area contributed by atoms with Crippen LogP contribution in [0.15, 0.2) is 78.9 Å². The SMILES string of the molecule is c1ccc(-c2ccc(-c3nc4ccccc4n3C3C4CC5CC(C4)CC3C5)cc2)cc1. The van der Waals surface area contributed by atoms with Crippen molar-refractivity contribution in [3.8, 4) is 22.5 Å². The number of rotatable bonds is 3. The summed E-state index contributed by atoms with van der Waals surface area (Å²) >= 11 is 0. The molecule has 4 aliphatic carbocycles. The van der Waals surface area contributed by atoms with Gasteiger partial charge >= 0.3 is 0 Å². The zero-order valence-electron chi connectivity index (χ0n) is 17.8. The van der Waals surface area contributed by atoms with Crippen LogP contribution in [0.1, 0.15) is 38.1 Å². The largest absolute Gasteiger partial charge is 0.320 e. The van der Waals surface area contributed by atoms with Gasteiger partial charge < -0.3 is 4.57 Å². The van der Waals surface area contributed by atoms with Crippen LogP contribution in [0.5, 0.6) is 0 Å². The molecule has 0 spiro atoms. The number of fused-ring (bicyclic) bond motifs is 1. The van der Waals surface area contributed by atoms with Gasteiger partial charge in [0.2, 0.25) is 0 Å². The predicted octanol–water partition coefficient (Wildman–Crippen LogP) is 7.37. The van der Waals surface area contributed by atoms with E-state index in [-0.39, 0.29) is 0 Å². The molecule has 4 saturated carbocycles. The minimum atomic E-state index is 0.615. The van der Waals surface area contributed by atoms with Gasteiger partial charge in [0.05, 0.1) is 11.0 Å². The Hall–Kier alpha value is -2.87. The van der Waals surface area contributed by atoms with Crippen LogP contribution < -0.4 is 0 Å². The summed E-state index contributed by atoms with van der Waals surface area (Å²) in [4.78, 5) is 5.18. The lowest BCUT2D eigenvalue weighted by Crippen LogP contribution is -2.46. The molecule has 154 valence electrons. The van der Waals surface area contributed by atoms with Crippen LogP contribution in [-0.4, -0.2) is 9.55 Å². The Morgan fingerprint density at radius 3 is 1.87 bits per heavy atom. The van der Waals surface area contributed by atoms with Crippen LogP contribution in [-0.2, 0) is 0 Å². The van der Waals surface area contributed by atoms with Crippen LogP contribution >= 0.6 is 0 Å². The van der Waals surface area contributed by atoms with Crippen molar-refractivity contribution in [2.75, 3.05) is 0 Å². The van der Waals surface area contributed by atoms with E-state index in [1.54, 1.807) is 0 Å². The van der Waals surface area contributed by atoms with E-state index in [1.165, 1.54) is 60.1 Å². The molecule has 1 aromatic heterocycles. The standard InChI is InChI=1S/C29H28N2/c1-2-6-21(7-3-1)22-10-12-23(13-11-22)29-30-26-8-4-5-9-27(26)31(29)28-24-15-19-14-20(17-24)18-25(28)16-19/h1-13,19-20,24-25,28H,14-18H2. The van der Waals surface area contributed by atoms with Crippen molar-refractivity contribution < 1.29 is 0 Å². The van der Waals surface area contributed by atoms with Gasteiger partial charge in [-0.15, -0.1) is 0 Å². The first-order valence-electron chi connectivity index (χ1n) is 12.0. The first-order valence-corrected chi connectivity index (χ1v) is 12.0. The molecule has 1 heterocycles. The average molecular weight is 405 g/mol. The second-order valence-electron chi connectivity index (χ2n) is 10.2. The van der Waals surface area contributed by atoms with Gasteiger partial charge in [-0.1, -0.05) is 66.7 Å². The third kappa shape index (κ3) is 2.81. The molecule has 0 aliphatic heterocycles. The topological polar surface area (TPSA) is 17.8 Å². The van der Waals surface area contributed by atoms with Crippen LogP contribution in [0.4, 0.5) is 0 Å². The van der Waals surface area contributed by atoms with Crippen molar-refractivity contribution >= 4 is 11.0 Å². The molecule has 0 radical (unpaired) electrons. The maximum atomic E-state index is 5.18. The van der Waals surface area contributed by atoms with E-state index in [1.807, 2.05) is 0 Å². The van der Waals surface area contributed by atoms with Gasteiger partial charge in [0, 0.05) is 11.6 Å². The number of benzene rings is 3. The van der Waals surface area contributed by atoms with E-state index in [0.717, 1.165) is 29.2 Å². The normalized spacial score (nSPS) is 29.0. The van der Waals surface area contributed by atoms with E-state index in [9.17, 15) is 0 Å². The van der Waals surface area contributed by atoms with Gasteiger partial charge in [-0.3, -0.25) is 0 Å². The minimum Gasteiger partial charge on any atom is -0.320 e. The lowest BCUT2D eigenvalue weighted by Gasteiger charge is -2.55. The van der Waals surface area contributed by atoms with Crippen molar-refractivity contribution in [3.05, 3.63) is 78.9 Å². The van der Waals surface area contributed by atoms with E-state index in [2.05, 4.69) is 83.4 Å². The summed E-state index contributed by atoms with van der Waals surface area (Å²) in [7, 11) is 0. The summed E-state index contributed by atoms with van der Waals surface area (Å²) < 4.78 is 2.65. The Bertz CT molecular complexity index is 1210. The Balaban J connectivity index is 1.35. The summed E-state index contributed by atoms with van der Waals surface area (Å²) in [6.45, 7) is 0. The molecule has 2 heteroatoms. The first-order chi connectivity index (χ1) is 15.3. The number of imidazole rings is 1. The van der Waals surface area contributed by atoms with Gasteiger partial charge in [0.1, 0.15) is 5.82 Å². The van der Waals surface area contributed by atoms with E-state index >= 15 is 0 Å². The van der Waals surface area contributed by atoms with Crippen molar-refractivity contribution in [2.24, 2.45) is 23.7 Å². The molecule has 4 aromatic rings. The molecule has 0 atom stereocenters. The van der Waals surface area contributed by atoms with Crippen LogP contribution in [0.25, 0.3) is 33.5 Å². The summed E-state index contributed by atoms with van der Waals surface area (Å²) in [6.07, 6.45) is 7.21. The fraction of sp³-hybridized carbons (Fsp3) is 0.345. The Morgan fingerprint density at radius 1 is 0.581 bits per heavy atom. The molecule has 0 N–H and O–H groups in total. The molecule has 4 bridgehead atoms. The molecule has 0 saturated heterocycles. The van der Waals surface area contributed by atoms with Crippen molar-refractivity contribution in [1.82, 2.24) is 9.55 Å². The van der Waals surface area contributed by atoms with E-state index in [0.29, 0.717) is 6.04 Å². The van der Waals surface area contributed by atoms with Crippen molar-refractivity contribution in [1.29, 1.82) is 0 Å². The van der Waals surface area contributed by atoms with Crippen LogP contribution in [0, 0.1) is 23.7 Å². The summed E-state index contributed by atoms with van der Waals surface area (Å²) in [5.74, 6) is 4.80. The Kier molecular flexibility index (Phi) is 3.91. The number of hydrogen-bond donors (Lipinski definition) is 0. The van der Waals surface area contributed by atoms with Crippen LogP contribution in [0.3, 0.4) is 0 Å². The molecular formula is C29H28N2. The maximum Gasteiger partial charge on any atom is 0.141 e. The number of nitrogens with zero attached hydrogens (tertiary/aromatic N) is 2.